The molecule has 100 valence electrons. The highest BCUT2D eigenvalue weighted by Gasteiger charge is 2.15. The van der Waals surface area contributed by atoms with E-state index < -0.39 is 0 Å². The Bertz CT molecular complexity index is 561. The number of nitrogen functional groups attached to an aromatic ring is 1. The Morgan fingerprint density at radius 3 is 2.68 bits per heavy atom. The summed E-state index contributed by atoms with van der Waals surface area (Å²) in [6.45, 7) is 3.84. The molecule has 0 aliphatic rings. The van der Waals surface area contributed by atoms with Crippen LogP contribution in [0.3, 0.4) is 0 Å². The average molecular weight is 259 g/mol. The van der Waals surface area contributed by atoms with E-state index in [0.29, 0.717) is 17.9 Å². The summed E-state index contributed by atoms with van der Waals surface area (Å²) in [7, 11) is 0. The molecule has 1 heterocycles. The maximum atomic E-state index is 11.9. The molecule has 1 atom stereocenters. The summed E-state index contributed by atoms with van der Waals surface area (Å²) in [6, 6.07) is 7.25. The maximum Gasteiger partial charge on any atom is 0.291 e. The van der Waals surface area contributed by atoms with E-state index in [1.165, 1.54) is 0 Å². The molecule has 19 heavy (non-hydrogen) atoms. The van der Waals surface area contributed by atoms with Crippen LogP contribution in [-0.4, -0.2) is 21.1 Å². The number of carbonyl (C=O) groups is 1. The van der Waals surface area contributed by atoms with Gasteiger partial charge in [0, 0.05) is 12.1 Å². The van der Waals surface area contributed by atoms with Gasteiger partial charge < -0.3 is 11.1 Å². The lowest BCUT2D eigenvalue weighted by atomic mass is 10.1. The highest BCUT2D eigenvalue weighted by atomic mass is 16.2. The number of hydrogen-bond donors (Lipinski definition) is 3. The summed E-state index contributed by atoms with van der Waals surface area (Å²) >= 11 is 0. The van der Waals surface area contributed by atoms with Crippen molar-refractivity contribution in [2.45, 2.75) is 26.3 Å². The molecule has 2 aromatic rings. The fourth-order valence-electron chi connectivity index (χ4n) is 1.68. The van der Waals surface area contributed by atoms with E-state index in [2.05, 4.69) is 20.5 Å². The van der Waals surface area contributed by atoms with Gasteiger partial charge in [0.2, 0.25) is 5.82 Å². The number of nitrogens with one attached hydrogen (secondary N) is 2. The third-order valence-electron chi connectivity index (χ3n) is 2.85. The fraction of sp³-hybridized carbons (Fsp3) is 0.308. The minimum Gasteiger partial charge on any atom is -0.399 e. The molecule has 0 spiro atoms. The third kappa shape index (κ3) is 3.09. The van der Waals surface area contributed by atoms with Gasteiger partial charge in [-0.05, 0) is 24.6 Å². The van der Waals surface area contributed by atoms with Crippen molar-refractivity contribution in [2.24, 2.45) is 0 Å². The van der Waals surface area contributed by atoms with E-state index >= 15 is 0 Å². The van der Waals surface area contributed by atoms with E-state index in [-0.39, 0.29) is 17.8 Å². The second-order valence-corrected chi connectivity index (χ2v) is 4.32. The van der Waals surface area contributed by atoms with Gasteiger partial charge in [0.15, 0.2) is 0 Å². The molecule has 0 fully saturated rings. The molecule has 2 rings (SSSR count). The van der Waals surface area contributed by atoms with Crippen molar-refractivity contribution in [3.63, 3.8) is 0 Å². The Labute approximate surface area is 111 Å². The Kier molecular flexibility index (Phi) is 3.79. The second-order valence-electron chi connectivity index (χ2n) is 4.32. The topological polar surface area (TPSA) is 96.7 Å². The number of nitrogens with two attached hydrogens (primary N) is 1. The third-order valence-corrected chi connectivity index (χ3v) is 2.85. The zero-order valence-electron chi connectivity index (χ0n) is 11.0. The Morgan fingerprint density at radius 1 is 1.42 bits per heavy atom. The number of aromatic nitrogens is 3. The first-order valence-corrected chi connectivity index (χ1v) is 6.17. The second kappa shape index (κ2) is 5.51. The van der Waals surface area contributed by atoms with Gasteiger partial charge in [-0.25, -0.2) is 4.98 Å². The largest absolute Gasteiger partial charge is 0.399 e. The number of rotatable bonds is 4. The molecule has 0 saturated heterocycles. The summed E-state index contributed by atoms with van der Waals surface area (Å²) < 4.78 is 0. The first kappa shape index (κ1) is 13.1. The van der Waals surface area contributed by atoms with Gasteiger partial charge in [0.05, 0.1) is 6.04 Å². The van der Waals surface area contributed by atoms with Gasteiger partial charge in [-0.3, -0.25) is 9.89 Å². The SMILES string of the molecule is CCc1nc(C(=O)NC(C)c2ccc(N)cc2)n[nH]1. The van der Waals surface area contributed by atoms with Crippen molar-refractivity contribution in [1.29, 1.82) is 0 Å². The minimum absolute atomic E-state index is 0.128. The van der Waals surface area contributed by atoms with Crippen molar-refractivity contribution < 1.29 is 4.79 Å². The predicted molar refractivity (Wildman–Crippen MR) is 72.5 cm³/mol. The fourth-order valence-corrected chi connectivity index (χ4v) is 1.68. The molecule has 1 amide bonds. The number of hydrogen-bond acceptors (Lipinski definition) is 4. The van der Waals surface area contributed by atoms with Gasteiger partial charge in [-0.2, -0.15) is 0 Å². The van der Waals surface area contributed by atoms with Crippen LogP contribution in [0.5, 0.6) is 0 Å². The van der Waals surface area contributed by atoms with Crippen LogP contribution in [0.15, 0.2) is 24.3 Å². The summed E-state index contributed by atoms with van der Waals surface area (Å²) in [6.07, 6.45) is 0.716. The molecule has 0 aliphatic heterocycles. The van der Waals surface area contributed by atoms with Gasteiger partial charge in [0.25, 0.3) is 5.91 Å². The molecule has 0 radical (unpaired) electrons. The highest BCUT2D eigenvalue weighted by molar-refractivity contribution is 5.90. The monoisotopic (exact) mass is 259 g/mol. The van der Waals surface area contributed by atoms with Crippen LogP contribution >= 0.6 is 0 Å². The van der Waals surface area contributed by atoms with E-state index in [1.807, 2.05) is 26.0 Å². The number of anilines is 1. The van der Waals surface area contributed by atoms with E-state index in [4.69, 9.17) is 5.73 Å². The van der Waals surface area contributed by atoms with E-state index in [9.17, 15) is 4.79 Å². The van der Waals surface area contributed by atoms with Crippen LogP contribution in [0.2, 0.25) is 0 Å². The minimum atomic E-state index is -0.291. The molecule has 4 N–H and O–H groups in total. The quantitative estimate of drug-likeness (QED) is 0.724. The number of carbonyl (C=O) groups excluding carboxylic acids is 1. The van der Waals surface area contributed by atoms with Gasteiger partial charge in [-0.1, -0.05) is 19.1 Å². The Morgan fingerprint density at radius 2 is 2.11 bits per heavy atom. The first-order chi connectivity index (χ1) is 9.10. The van der Waals surface area contributed by atoms with Gasteiger partial charge in [0.1, 0.15) is 5.82 Å². The van der Waals surface area contributed by atoms with Crippen molar-refractivity contribution in [2.75, 3.05) is 5.73 Å². The van der Waals surface area contributed by atoms with Crippen molar-refractivity contribution >= 4 is 11.6 Å². The average Bonchev–Trinajstić information content (AvgIpc) is 2.88. The zero-order valence-corrected chi connectivity index (χ0v) is 11.0. The number of benzene rings is 1. The molecule has 6 nitrogen and oxygen atoms in total. The number of nitrogens with zero attached hydrogens (tertiary/aromatic N) is 2. The van der Waals surface area contributed by atoms with E-state index in [1.54, 1.807) is 12.1 Å². The molecule has 1 aromatic carbocycles. The first-order valence-electron chi connectivity index (χ1n) is 6.17. The Hall–Kier alpha value is -2.37. The highest BCUT2D eigenvalue weighted by Crippen LogP contribution is 2.14. The number of amides is 1. The van der Waals surface area contributed by atoms with Crippen LogP contribution in [0, 0.1) is 0 Å². The number of H-pyrrole nitrogens is 1. The molecule has 0 bridgehead atoms. The molecular formula is C13H17N5O. The molecule has 1 aromatic heterocycles. The van der Waals surface area contributed by atoms with Crippen LogP contribution in [-0.2, 0) is 6.42 Å². The van der Waals surface area contributed by atoms with Crippen molar-refractivity contribution in [1.82, 2.24) is 20.5 Å². The van der Waals surface area contributed by atoms with Crippen LogP contribution in [0.1, 0.15) is 41.9 Å². The molecule has 0 aliphatic carbocycles. The smallest absolute Gasteiger partial charge is 0.291 e. The number of aryl methyl sites for hydroxylation is 1. The summed E-state index contributed by atoms with van der Waals surface area (Å²) in [4.78, 5) is 16.0. The van der Waals surface area contributed by atoms with Crippen LogP contribution in [0.4, 0.5) is 5.69 Å². The lowest BCUT2D eigenvalue weighted by molar-refractivity contribution is 0.0929. The summed E-state index contributed by atoms with van der Waals surface area (Å²) in [5.41, 5.74) is 7.30. The summed E-state index contributed by atoms with van der Waals surface area (Å²) in [5.74, 6) is 0.574. The van der Waals surface area contributed by atoms with E-state index in [0.717, 1.165) is 5.56 Å². The van der Waals surface area contributed by atoms with Crippen molar-refractivity contribution in [3.8, 4) is 0 Å². The zero-order chi connectivity index (χ0) is 13.8. The molecule has 1 unspecified atom stereocenters. The van der Waals surface area contributed by atoms with Crippen LogP contribution in [0.25, 0.3) is 0 Å². The summed E-state index contributed by atoms with van der Waals surface area (Å²) in [5, 5.41) is 9.44. The van der Waals surface area contributed by atoms with Gasteiger partial charge >= 0.3 is 0 Å². The molecular weight excluding hydrogens is 242 g/mol. The standard InChI is InChI=1S/C13H17N5O/c1-3-11-16-12(18-17-11)13(19)15-8(2)9-4-6-10(14)7-5-9/h4-8H,3,14H2,1-2H3,(H,15,19)(H,16,17,18). The van der Waals surface area contributed by atoms with Gasteiger partial charge in [-0.15, -0.1) is 5.10 Å². The maximum absolute atomic E-state index is 11.9. The van der Waals surface area contributed by atoms with Crippen LogP contribution < -0.4 is 11.1 Å². The molecule has 6 heteroatoms. The Balaban J connectivity index is 2.04. The molecule has 0 saturated carbocycles. The predicted octanol–water partition coefficient (Wildman–Crippen LogP) is 1.44. The number of aromatic amines is 1. The van der Waals surface area contributed by atoms with Crippen molar-refractivity contribution in [3.05, 3.63) is 41.5 Å². The normalized spacial score (nSPS) is 12.1. The lowest BCUT2D eigenvalue weighted by Crippen LogP contribution is -2.27. The lowest BCUT2D eigenvalue weighted by Gasteiger charge is -2.13.